The fraction of sp³-hybridized carbons (Fsp3) is 0.233. The first kappa shape index (κ1) is 30.1. The highest BCUT2D eigenvalue weighted by Gasteiger charge is 2.31. The van der Waals surface area contributed by atoms with E-state index in [1.54, 1.807) is 11.0 Å². The predicted molar refractivity (Wildman–Crippen MR) is 153 cm³/mol. The predicted octanol–water partition coefficient (Wildman–Crippen LogP) is 6.21. The molecule has 6 nitrogen and oxygen atoms in total. The zero-order chi connectivity index (χ0) is 31.2. The van der Waals surface area contributed by atoms with Crippen molar-refractivity contribution in [1.82, 2.24) is 9.47 Å². The van der Waals surface area contributed by atoms with Crippen LogP contribution in [0.4, 0.5) is 32.0 Å². The summed E-state index contributed by atoms with van der Waals surface area (Å²) in [7, 11) is 0. The molecule has 1 unspecified atom stereocenters. The van der Waals surface area contributed by atoms with Gasteiger partial charge < -0.3 is 19.5 Å². The summed E-state index contributed by atoms with van der Waals surface area (Å²) in [6.45, 7) is 2.63. The number of hydrogen-bond donors (Lipinski definition) is 1. The third kappa shape index (κ3) is 5.94. The molecule has 1 N–H and O–H groups in total. The maximum atomic E-state index is 15.5. The van der Waals surface area contributed by atoms with Gasteiger partial charge in [-0.3, -0.25) is 4.79 Å². The van der Waals surface area contributed by atoms with Gasteiger partial charge in [0.1, 0.15) is 23.0 Å². The minimum absolute atomic E-state index is 0.00654. The van der Waals surface area contributed by atoms with Crippen LogP contribution in [0.2, 0.25) is 0 Å². The fourth-order valence-corrected chi connectivity index (χ4v) is 5.72. The van der Waals surface area contributed by atoms with Crippen LogP contribution in [0.5, 0.6) is 0 Å². The standard InChI is InChI=1S/C30H23F6N3O3S/c1-16-14-37(7-8-38(16)27(43)10-17-3-2-4-18(9-17)30(34,35)36)26-13-25-20(12-23(26)33)28(40)21(29(41)42)15-39(25)24-6-5-19(31)11-22(24)32/h2-6,9,11-13,15-16H,7-8,10,14H2,1H3,(H,41,42). The molecule has 1 aromatic heterocycles. The molecular weight excluding hydrogens is 596 g/mol. The quantitative estimate of drug-likeness (QED) is 0.212. The minimum Gasteiger partial charge on any atom is -0.477 e. The van der Waals surface area contributed by atoms with Crippen molar-refractivity contribution < 1.29 is 36.2 Å². The van der Waals surface area contributed by atoms with E-state index in [1.165, 1.54) is 12.1 Å². The molecule has 2 heterocycles. The Morgan fingerprint density at radius 2 is 1.72 bits per heavy atom. The zero-order valence-electron chi connectivity index (χ0n) is 22.5. The van der Waals surface area contributed by atoms with Crippen molar-refractivity contribution in [2.45, 2.75) is 25.6 Å². The Labute approximate surface area is 246 Å². The van der Waals surface area contributed by atoms with Crippen LogP contribution in [0.3, 0.4) is 0 Å². The maximum absolute atomic E-state index is 15.5. The van der Waals surface area contributed by atoms with Gasteiger partial charge in [0.2, 0.25) is 5.43 Å². The molecule has 1 aliphatic rings. The smallest absolute Gasteiger partial charge is 0.416 e. The van der Waals surface area contributed by atoms with Crippen LogP contribution in [0.15, 0.2) is 65.6 Å². The molecule has 0 spiro atoms. The Hall–Kier alpha value is -4.39. The number of aromatic carboxylic acids is 1. The van der Waals surface area contributed by atoms with Gasteiger partial charge in [0.05, 0.1) is 27.4 Å². The summed E-state index contributed by atoms with van der Waals surface area (Å²) in [5, 5.41) is 9.24. The second kappa shape index (κ2) is 11.4. The monoisotopic (exact) mass is 619 g/mol. The molecule has 0 saturated carbocycles. The molecule has 224 valence electrons. The van der Waals surface area contributed by atoms with Gasteiger partial charge in [0, 0.05) is 49.7 Å². The molecule has 1 aliphatic heterocycles. The summed E-state index contributed by atoms with van der Waals surface area (Å²) < 4.78 is 84.4. The third-order valence-electron chi connectivity index (χ3n) is 7.37. The number of carbonyl (C=O) groups is 1. The molecule has 0 aliphatic carbocycles. The third-order valence-corrected chi connectivity index (χ3v) is 7.75. The number of nitrogens with zero attached hydrogens (tertiary/aromatic N) is 3. The number of anilines is 1. The Balaban J connectivity index is 1.46. The number of pyridine rings is 1. The number of aromatic nitrogens is 1. The van der Waals surface area contributed by atoms with Gasteiger partial charge >= 0.3 is 12.1 Å². The van der Waals surface area contributed by atoms with Crippen molar-refractivity contribution in [1.29, 1.82) is 0 Å². The first-order valence-electron chi connectivity index (χ1n) is 13.0. The highest BCUT2D eigenvalue weighted by molar-refractivity contribution is 7.80. The van der Waals surface area contributed by atoms with Crippen LogP contribution in [-0.4, -0.2) is 51.2 Å². The first-order chi connectivity index (χ1) is 20.2. The summed E-state index contributed by atoms with van der Waals surface area (Å²) in [6, 6.07) is 9.49. The van der Waals surface area contributed by atoms with Gasteiger partial charge in [0.15, 0.2) is 0 Å². The number of alkyl halides is 3. The van der Waals surface area contributed by atoms with Gasteiger partial charge in [-0.25, -0.2) is 18.0 Å². The molecule has 1 saturated heterocycles. The van der Waals surface area contributed by atoms with Crippen LogP contribution in [0.1, 0.15) is 28.4 Å². The lowest BCUT2D eigenvalue weighted by atomic mass is 10.1. The molecule has 0 radical (unpaired) electrons. The Morgan fingerprint density at radius 1 is 1.00 bits per heavy atom. The molecule has 1 fully saturated rings. The van der Waals surface area contributed by atoms with Gasteiger partial charge in [-0.15, -0.1) is 0 Å². The average Bonchev–Trinajstić information content (AvgIpc) is 2.93. The lowest BCUT2D eigenvalue weighted by Crippen LogP contribution is -2.54. The first-order valence-corrected chi connectivity index (χ1v) is 13.4. The summed E-state index contributed by atoms with van der Waals surface area (Å²) in [4.78, 5) is 28.6. The highest BCUT2D eigenvalue weighted by atomic mass is 32.1. The van der Waals surface area contributed by atoms with E-state index in [1.807, 2.05) is 11.8 Å². The zero-order valence-corrected chi connectivity index (χ0v) is 23.3. The fourth-order valence-electron chi connectivity index (χ4n) is 5.29. The SMILES string of the molecule is CC1CN(c2cc3c(cc2F)c(=O)c(C(=O)O)cn3-c2ccc(F)cc2F)CCN1C(=S)Cc1cccc(C(F)(F)F)c1. The van der Waals surface area contributed by atoms with E-state index in [0.29, 0.717) is 23.2 Å². The van der Waals surface area contributed by atoms with Gasteiger partial charge in [0.25, 0.3) is 0 Å². The Kier molecular flexibility index (Phi) is 7.95. The highest BCUT2D eigenvalue weighted by Crippen LogP contribution is 2.31. The van der Waals surface area contributed by atoms with E-state index in [2.05, 4.69) is 0 Å². The van der Waals surface area contributed by atoms with Crippen LogP contribution < -0.4 is 10.3 Å². The number of benzene rings is 3. The normalized spacial score (nSPS) is 15.7. The number of halogens is 6. The molecule has 4 aromatic rings. The summed E-state index contributed by atoms with van der Waals surface area (Å²) in [6.07, 6.45) is -3.46. The summed E-state index contributed by atoms with van der Waals surface area (Å²) >= 11 is 5.56. The minimum atomic E-state index is -4.48. The number of hydrogen-bond acceptors (Lipinski definition) is 4. The van der Waals surface area contributed by atoms with Crippen molar-refractivity contribution in [2.24, 2.45) is 0 Å². The molecule has 1 atom stereocenters. The molecular formula is C30H23F6N3O3S. The van der Waals surface area contributed by atoms with Crippen LogP contribution in [0, 0.1) is 17.5 Å². The molecule has 3 aromatic carbocycles. The van der Waals surface area contributed by atoms with E-state index in [-0.39, 0.29) is 47.8 Å². The largest absolute Gasteiger partial charge is 0.477 e. The van der Waals surface area contributed by atoms with Gasteiger partial charge in [-0.05, 0) is 42.8 Å². The number of carboxylic acids is 1. The van der Waals surface area contributed by atoms with Crippen LogP contribution in [0.25, 0.3) is 16.6 Å². The second-order valence-electron chi connectivity index (χ2n) is 10.2. The number of fused-ring (bicyclic) bond motifs is 1. The van der Waals surface area contributed by atoms with E-state index in [0.717, 1.165) is 41.1 Å². The van der Waals surface area contributed by atoms with Crippen molar-refractivity contribution >= 4 is 39.8 Å². The lowest BCUT2D eigenvalue weighted by Gasteiger charge is -2.42. The lowest BCUT2D eigenvalue weighted by molar-refractivity contribution is -0.137. The van der Waals surface area contributed by atoms with E-state index in [9.17, 15) is 36.6 Å². The number of rotatable bonds is 5. The molecule has 5 rings (SSSR count). The van der Waals surface area contributed by atoms with Crippen molar-refractivity contribution in [3.8, 4) is 5.69 Å². The van der Waals surface area contributed by atoms with Gasteiger partial charge in [-0.1, -0.05) is 30.4 Å². The van der Waals surface area contributed by atoms with Crippen LogP contribution in [-0.2, 0) is 12.6 Å². The van der Waals surface area contributed by atoms with E-state index >= 15 is 4.39 Å². The molecule has 0 amide bonds. The number of piperazine rings is 1. The maximum Gasteiger partial charge on any atom is 0.416 e. The topological polar surface area (TPSA) is 65.8 Å². The van der Waals surface area contributed by atoms with Crippen molar-refractivity contribution in [2.75, 3.05) is 24.5 Å². The van der Waals surface area contributed by atoms with Gasteiger partial charge in [-0.2, -0.15) is 13.2 Å². The number of carboxylic acid groups (broad SMARTS) is 1. The summed E-state index contributed by atoms with van der Waals surface area (Å²) in [5.41, 5.74) is -2.24. The van der Waals surface area contributed by atoms with Crippen molar-refractivity contribution in [3.05, 3.63) is 105 Å². The second-order valence-corrected chi connectivity index (χ2v) is 10.7. The Bertz CT molecular complexity index is 1820. The molecule has 13 heteroatoms. The van der Waals surface area contributed by atoms with E-state index in [4.69, 9.17) is 12.2 Å². The molecule has 43 heavy (non-hydrogen) atoms. The molecule has 0 bridgehead atoms. The van der Waals surface area contributed by atoms with E-state index < -0.39 is 46.2 Å². The average molecular weight is 620 g/mol. The Morgan fingerprint density at radius 3 is 2.37 bits per heavy atom. The summed E-state index contributed by atoms with van der Waals surface area (Å²) in [5.74, 6) is -4.30. The van der Waals surface area contributed by atoms with Crippen LogP contribution >= 0.6 is 12.2 Å². The van der Waals surface area contributed by atoms with Crippen molar-refractivity contribution in [3.63, 3.8) is 0 Å². The number of thiocarbonyl (C=S) groups is 1.